The first-order valence-electron chi connectivity index (χ1n) is 6.41. The number of nitrogens with one attached hydrogen (secondary N) is 1. The van der Waals surface area contributed by atoms with Gasteiger partial charge in [0.05, 0.1) is 12.4 Å². The summed E-state index contributed by atoms with van der Waals surface area (Å²) in [6.07, 6.45) is 1.58. The number of fused-ring (bicyclic) bond motifs is 1. The molecule has 0 amide bonds. The Kier molecular flexibility index (Phi) is 3.69. The van der Waals surface area contributed by atoms with Crippen molar-refractivity contribution in [2.24, 2.45) is 0 Å². The molecule has 0 spiro atoms. The average Bonchev–Trinajstić information content (AvgIpc) is 2.93. The van der Waals surface area contributed by atoms with Gasteiger partial charge in [-0.25, -0.2) is 4.98 Å². The van der Waals surface area contributed by atoms with Crippen molar-refractivity contribution in [3.05, 3.63) is 46.5 Å². The molecular weight excluding hydrogens is 309 g/mol. The SMILES string of the molecule is CC(c1ccc(Cl)cc1)N(C)c1nc(Cl)nc2nc[nH]c12. The number of rotatable bonds is 3. The molecule has 0 saturated heterocycles. The van der Waals surface area contributed by atoms with Crippen molar-refractivity contribution in [1.29, 1.82) is 0 Å². The Morgan fingerprint density at radius 2 is 1.86 bits per heavy atom. The Labute approximate surface area is 131 Å². The Morgan fingerprint density at radius 1 is 1.14 bits per heavy atom. The summed E-state index contributed by atoms with van der Waals surface area (Å²) in [7, 11) is 1.96. The van der Waals surface area contributed by atoms with Gasteiger partial charge in [-0.05, 0) is 36.2 Å². The van der Waals surface area contributed by atoms with Gasteiger partial charge in [0.2, 0.25) is 5.28 Å². The lowest BCUT2D eigenvalue weighted by molar-refractivity contribution is 0.730. The Bertz CT molecular complexity index is 769. The van der Waals surface area contributed by atoms with E-state index in [0.717, 1.165) is 16.1 Å². The molecule has 3 rings (SSSR count). The van der Waals surface area contributed by atoms with Gasteiger partial charge in [0.1, 0.15) is 5.52 Å². The third-order valence-electron chi connectivity index (χ3n) is 3.51. The summed E-state index contributed by atoms with van der Waals surface area (Å²) in [6, 6.07) is 7.84. The molecular formula is C14H13Cl2N5. The molecule has 0 bridgehead atoms. The summed E-state index contributed by atoms with van der Waals surface area (Å²) in [5.74, 6) is 0.713. The zero-order valence-electron chi connectivity index (χ0n) is 11.5. The smallest absolute Gasteiger partial charge is 0.226 e. The highest BCUT2D eigenvalue weighted by atomic mass is 35.5. The highest BCUT2D eigenvalue weighted by Crippen LogP contribution is 2.29. The van der Waals surface area contributed by atoms with Crippen LogP contribution in [-0.2, 0) is 0 Å². The Morgan fingerprint density at radius 3 is 2.57 bits per heavy atom. The van der Waals surface area contributed by atoms with E-state index in [9.17, 15) is 0 Å². The van der Waals surface area contributed by atoms with E-state index in [1.165, 1.54) is 0 Å². The quantitative estimate of drug-likeness (QED) is 0.744. The van der Waals surface area contributed by atoms with Crippen molar-refractivity contribution in [1.82, 2.24) is 19.9 Å². The van der Waals surface area contributed by atoms with E-state index in [1.807, 2.05) is 36.2 Å². The zero-order valence-corrected chi connectivity index (χ0v) is 13.0. The predicted molar refractivity (Wildman–Crippen MR) is 85.0 cm³/mol. The molecule has 0 saturated carbocycles. The van der Waals surface area contributed by atoms with Crippen LogP contribution in [0.15, 0.2) is 30.6 Å². The van der Waals surface area contributed by atoms with Crippen molar-refractivity contribution >= 4 is 40.2 Å². The maximum atomic E-state index is 5.98. The third-order valence-corrected chi connectivity index (χ3v) is 3.93. The van der Waals surface area contributed by atoms with Crippen LogP contribution in [0.2, 0.25) is 10.3 Å². The number of benzene rings is 1. The normalized spacial score (nSPS) is 12.6. The molecule has 2 aromatic heterocycles. The maximum absolute atomic E-state index is 5.98. The maximum Gasteiger partial charge on any atom is 0.226 e. The molecule has 1 N–H and O–H groups in total. The number of aromatic amines is 1. The average molecular weight is 322 g/mol. The molecule has 1 aromatic carbocycles. The van der Waals surface area contributed by atoms with Crippen LogP contribution >= 0.6 is 23.2 Å². The number of hydrogen-bond donors (Lipinski definition) is 1. The van der Waals surface area contributed by atoms with Crippen LogP contribution in [0.1, 0.15) is 18.5 Å². The molecule has 7 heteroatoms. The first-order chi connectivity index (χ1) is 10.1. The van der Waals surface area contributed by atoms with Crippen LogP contribution in [0.3, 0.4) is 0 Å². The summed E-state index contributed by atoms with van der Waals surface area (Å²) in [5.41, 5.74) is 2.45. The number of aromatic nitrogens is 4. The van der Waals surface area contributed by atoms with Gasteiger partial charge in [-0.2, -0.15) is 9.97 Å². The third kappa shape index (κ3) is 2.66. The van der Waals surface area contributed by atoms with Crippen LogP contribution in [0.5, 0.6) is 0 Å². The molecule has 1 unspecified atom stereocenters. The first kappa shape index (κ1) is 14.1. The van der Waals surface area contributed by atoms with E-state index in [4.69, 9.17) is 23.2 Å². The van der Waals surface area contributed by atoms with Gasteiger partial charge in [-0.3, -0.25) is 0 Å². The number of H-pyrrole nitrogens is 1. The molecule has 2 heterocycles. The van der Waals surface area contributed by atoms with E-state index in [0.29, 0.717) is 11.5 Å². The first-order valence-corrected chi connectivity index (χ1v) is 7.17. The van der Waals surface area contributed by atoms with Crippen molar-refractivity contribution in [2.45, 2.75) is 13.0 Å². The van der Waals surface area contributed by atoms with Gasteiger partial charge in [-0.15, -0.1) is 0 Å². The lowest BCUT2D eigenvalue weighted by atomic mass is 10.1. The largest absolute Gasteiger partial charge is 0.351 e. The highest BCUT2D eigenvalue weighted by molar-refractivity contribution is 6.30. The number of anilines is 1. The lowest BCUT2D eigenvalue weighted by Gasteiger charge is -2.26. The molecule has 0 fully saturated rings. The number of halogens is 2. The van der Waals surface area contributed by atoms with E-state index in [1.54, 1.807) is 6.33 Å². The van der Waals surface area contributed by atoms with Crippen LogP contribution in [0, 0.1) is 0 Å². The number of imidazole rings is 1. The van der Waals surface area contributed by atoms with Crippen molar-refractivity contribution < 1.29 is 0 Å². The predicted octanol–water partition coefficient (Wildman–Crippen LogP) is 3.86. The van der Waals surface area contributed by atoms with Gasteiger partial charge in [0, 0.05) is 12.1 Å². The molecule has 5 nitrogen and oxygen atoms in total. The molecule has 0 aliphatic carbocycles. The molecule has 0 radical (unpaired) electrons. The van der Waals surface area contributed by atoms with Crippen LogP contribution in [0.25, 0.3) is 11.2 Å². The van der Waals surface area contributed by atoms with E-state index >= 15 is 0 Å². The number of hydrogen-bond acceptors (Lipinski definition) is 4. The van der Waals surface area contributed by atoms with Gasteiger partial charge < -0.3 is 9.88 Å². The van der Waals surface area contributed by atoms with Crippen LogP contribution in [-0.4, -0.2) is 27.0 Å². The zero-order chi connectivity index (χ0) is 15.0. The minimum absolute atomic E-state index is 0.0970. The van der Waals surface area contributed by atoms with Gasteiger partial charge in [0.15, 0.2) is 11.5 Å². The summed E-state index contributed by atoms with van der Waals surface area (Å²) in [6.45, 7) is 2.08. The van der Waals surface area contributed by atoms with E-state index < -0.39 is 0 Å². The minimum atomic E-state index is 0.0970. The standard InChI is InChI=1S/C14H13Cl2N5/c1-8(9-3-5-10(15)6-4-9)21(2)13-11-12(18-7-17-11)19-14(16)20-13/h3-8H,1-2H3,(H,17,18,19,20). The van der Waals surface area contributed by atoms with Crippen LogP contribution < -0.4 is 4.90 Å². The number of nitrogens with zero attached hydrogens (tertiary/aromatic N) is 4. The minimum Gasteiger partial charge on any atom is -0.351 e. The topological polar surface area (TPSA) is 57.7 Å². The van der Waals surface area contributed by atoms with Gasteiger partial charge in [0.25, 0.3) is 0 Å². The van der Waals surface area contributed by atoms with Crippen LogP contribution in [0.4, 0.5) is 5.82 Å². The molecule has 108 valence electrons. The van der Waals surface area contributed by atoms with E-state index in [-0.39, 0.29) is 11.3 Å². The van der Waals surface area contributed by atoms with Gasteiger partial charge in [-0.1, -0.05) is 23.7 Å². The molecule has 3 aromatic rings. The summed E-state index contributed by atoms with van der Waals surface area (Å²) in [5, 5.41) is 0.898. The van der Waals surface area contributed by atoms with Crippen molar-refractivity contribution in [3.63, 3.8) is 0 Å². The second-order valence-corrected chi connectivity index (χ2v) is 5.53. The van der Waals surface area contributed by atoms with E-state index in [2.05, 4.69) is 26.9 Å². The fraction of sp³-hybridized carbons (Fsp3) is 0.214. The lowest BCUT2D eigenvalue weighted by Crippen LogP contribution is -2.23. The molecule has 21 heavy (non-hydrogen) atoms. The molecule has 1 atom stereocenters. The van der Waals surface area contributed by atoms with Crippen molar-refractivity contribution in [2.75, 3.05) is 11.9 Å². The summed E-state index contributed by atoms with van der Waals surface area (Å²) < 4.78 is 0. The Hall–Kier alpha value is -1.85. The fourth-order valence-corrected chi connectivity index (χ4v) is 2.48. The van der Waals surface area contributed by atoms with Gasteiger partial charge >= 0.3 is 0 Å². The monoisotopic (exact) mass is 321 g/mol. The summed E-state index contributed by atoms with van der Waals surface area (Å²) in [4.78, 5) is 17.6. The molecule has 0 aliphatic heterocycles. The second kappa shape index (κ2) is 5.50. The highest BCUT2D eigenvalue weighted by Gasteiger charge is 2.18. The Balaban J connectivity index is 2.01. The summed E-state index contributed by atoms with van der Waals surface area (Å²) >= 11 is 11.9. The molecule has 0 aliphatic rings. The fourth-order valence-electron chi connectivity index (χ4n) is 2.20. The second-order valence-electron chi connectivity index (χ2n) is 4.76. The van der Waals surface area contributed by atoms with Crippen molar-refractivity contribution in [3.8, 4) is 0 Å².